The van der Waals surface area contributed by atoms with Crippen LogP contribution in [0.3, 0.4) is 0 Å². The Bertz CT molecular complexity index is 833. The minimum absolute atomic E-state index is 0.216. The van der Waals surface area contributed by atoms with Crippen LogP contribution in [0.25, 0.3) is 5.57 Å². The fourth-order valence-electron chi connectivity index (χ4n) is 2.99. The Labute approximate surface area is 170 Å². The third-order valence-electron chi connectivity index (χ3n) is 4.46. The first-order valence-electron chi connectivity index (χ1n) is 9.69. The van der Waals surface area contributed by atoms with Crippen LogP contribution in [0.1, 0.15) is 31.7 Å². The molecule has 28 heavy (non-hydrogen) atoms. The molecule has 3 rings (SSSR count). The van der Waals surface area contributed by atoms with E-state index in [1.54, 1.807) is 0 Å². The number of carbonyl (C=O) groups excluding carboxylic acids is 2. The van der Waals surface area contributed by atoms with Crippen molar-refractivity contribution in [3.05, 3.63) is 71.1 Å². The minimum Gasteiger partial charge on any atom is -0.381 e. The van der Waals surface area contributed by atoms with Crippen LogP contribution >= 0.6 is 11.8 Å². The van der Waals surface area contributed by atoms with Gasteiger partial charge in [-0.05, 0) is 30.5 Å². The Morgan fingerprint density at radius 2 is 1.50 bits per heavy atom. The zero-order chi connectivity index (χ0) is 19.8. The SMILES string of the molecule is CCCCOCCCN1C(=O)C(Sc2ccccc2)=C(c2ccccc2)C1=O. The number of imide groups is 1. The van der Waals surface area contributed by atoms with Gasteiger partial charge in [-0.1, -0.05) is 73.6 Å². The summed E-state index contributed by atoms with van der Waals surface area (Å²) >= 11 is 1.36. The molecule has 0 fully saturated rings. The molecule has 0 unspecified atom stereocenters. The van der Waals surface area contributed by atoms with Crippen molar-refractivity contribution >= 4 is 29.1 Å². The zero-order valence-electron chi connectivity index (χ0n) is 16.1. The lowest BCUT2D eigenvalue weighted by molar-refractivity contribution is -0.136. The summed E-state index contributed by atoms with van der Waals surface area (Å²) in [6, 6.07) is 19.1. The number of unbranched alkanes of at least 4 members (excludes halogenated alkanes) is 1. The Balaban J connectivity index is 1.77. The molecule has 0 spiro atoms. The molecule has 2 amide bonds. The predicted octanol–water partition coefficient (Wildman–Crippen LogP) is 4.77. The van der Waals surface area contributed by atoms with Crippen LogP contribution in [0, 0.1) is 0 Å². The van der Waals surface area contributed by atoms with Gasteiger partial charge in [0, 0.05) is 24.7 Å². The first-order valence-corrected chi connectivity index (χ1v) is 10.5. The number of nitrogens with zero attached hydrogens (tertiary/aromatic N) is 1. The van der Waals surface area contributed by atoms with E-state index in [4.69, 9.17) is 4.74 Å². The summed E-state index contributed by atoms with van der Waals surface area (Å²) < 4.78 is 5.57. The van der Waals surface area contributed by atoms with Gasteiger partial charge in [-0.15, -0.1) is 0 Å². The van der Waals surface area contributed by atoms with Crippen LogP contribution in [0.2, 0.25) is 0 Å². The molecule has 1 aliphatic heterocycles. The lowest BCUT2D eigenvalue weighted by atomic mass is 10.1. The van der Waals surface area contributed by atoms with Crippen LogP contribution in [0.4, 0.5) is 0 Å². The Hall–Kier alpha value is -2.37. The van der Waals surface area contributed by atoms with Gasteiger partial charge >= 0.3 is 0 Å². The highest BCUT2D eigenvalue weighted by Gasteiger charge is 2.38. The highest BCUT2D eigenvalue weighted by molar-refractivity contribution is 8.04. The number of hydrogen-bond acceptors (Lipinski definition) is 4. The molecule has 0 aromatic heterocycles. The molecule has 4 nitrogen and oxygen atoms in total. The summed E-state index contributed by atoms with van der Waals surface area (Å²) in [5, 5.41) is 0. The number of thioether (sulfide) groups is 1. The van der Waals surface area contributed by atoms with Gasteiger partial charge in [-0.25, -0.2) is 0 Å². The van der Waals surface area contributed by atoms with E-state index in [1.165, 1.54) is 16.7 Å². The Kier molecular flexibility index (Phi) is 7.46. The molecule has 1 heterocycles. The van der Waals surface area contributed by atoms with E-state index in [0.29, 0.717) is 30.1 Å². The second-order valence-electron chi connectivity index (χ2n) is 6.57. The van der Waals surface area contributed by atoms with Crippen molar-refractivity contribution in [2.75, 3.05) is 19.8 Å². The summed E-state index contributed by atoms with van der Waals surface area (Å²) in [4.78, 5) is 28.9. The zero-order valence-corrected chi connectivity index (χ0v) is 16.9. The molecule has 0 aliphatic carbocycles. The van der Waals surface area contributed by atoms with Gasteiger partial charge in [0.25, 0.3) is 11.8 Å². The molecule has 0 saturated heterocycles. The maximum atomic E-state index is 13.1. The van der Waals surface area contributed by atoms with E-state index in [1.807, 2.05) is 60.7 Å². The van der Waals surface area contributed by atoms with Crippen LogP contribution < -0.4 is 0 Å². The topological polar surface area (TPSA) is 46.6 Å². The van der Waals surface area contributed by atoms with Crippen molar-refractivity contribution in [2.45, 2.75) is 31.1 Å². The highest BCUT2D eigenvalue weighted by Crippen LogP contribution is 2.39. The Morgan fingerprint density at radius 1 is 0.857 bits per heavy atom. The largest absolute Gasteiger partial charge is 0.381 e. The van der Waals surface area contributed by atoms with E-state index in [0.717, 1.165) is 29.9 Å². The highest BCUT2D eigenvalue weighted by atomic mass is 32.2. The van der Waals surface area contributed by atoms with E-state index >= 15 is 0 Å². The molecular formula is C23H25NO3S. The summed E-state index contributed by atoms with van der Waals surface area (Å²) in [7, 11) is 0. The number of rotatable bonds is 10. The monoisotopic (exact) mass is 395 g/mol. The molecule has 0 saturated carbocycles. The first kappa shape index (κ1) is 20.4. The fourth-order valence-corrected chi connectivity index (χ4v) is 4.02. The second kappa shape index (κ2) is 10.2. The number of hydrogen-bond donors (Lipinski definition) is 0. The minimum atomic E-state index is -0.219. The van der Waals surface area contributed by atoms with Crippen LogP contribution in [0.15, 0.2) is 70.5 Å². The summed E-state index contributed by atoms with van der Waals surface area (Å²) in [6.07, 6.45) is 2.76. The van der Waals surface area contributed by atoms with Gasteiger partial charge in [0.2, 0.25) is 0 Å². The summed E-state index contributed by atoms with van der Waals surface area (Å²) in [6.45, 7) is 3.77. The second-order valence-corrected chi connectivity index (χ2v) is 7.65. The van der Waals surface area contributed by atoms with Gasteiger partial charge in [0.1, 0.15) is 0 Å². The Morgan fingerprint density at radius 3 is 2.18 bits per heavy atom. The van der Waals surface area contributed by atoms with E-state index in [-0.39, 0.29) is 11.8 Å². The lowest BCUT2D eigenvalue weighted by Gasteiger charge is -2.15. The van der Waals surface area contributed by atoms with Gasteiger partial charge < -0.3 is 4.74 Å². The molecule has 146 valence electrons. The maximum Gasteiger partial charge on any atom is 0.268 e. The first-order chi connectivity index (χ1) is 13.7. The van der Waals surface area contributed by atoms with E-state index in [2.05, 4.69) is 6.92 Å². The normalized spacial score (nSPS) is 14.2. The van der Waals surface area contributed by atoms with Crippen molar-refractivity contribution in [1.29, 1.82) is 0 Å². The standard InChI is InChI=1S/C23H25NO3S/c1-2-3-16-27-17-10-15-24-22(25)20(18-11-6-4-7-12-18)21(23(24)26)28-19-13-8-5-9-14-19/h4-9,11-14H,2-3,10,15-17H2,1H3. The molecular weight excluding hydrogens is 370 g/mol. The molecule has 2 aromatic rings. The smallest absolute Gasteiger partial charge is 0.268 e. The summed E-state index contributed by atoms with van der Waals surface area (Å²) in [5.74, 6) is -0.436. The summed E-state index contributed by atoms with van der Waals surface area (Å²) in [5.41, 5.74) is 1.27. The number of ether oxygens (including phenoxy) is 1. The molecule has 2 aromatic carbocycles. The molecule has 0 atom stereocenters. The molecule has 0 N–H and O–H groups in total. The fraction of sp³-hybridized carbons (Fsp3) is 0.304. The quantitative estimate of drug-likeness (QED) is 0.430. The number of amides is 2. The molecule has 1 aliphatic rings. The van der Waals surface area contributed by atoms with Gasteiger partial charge in [0.15, 0.2) is 0 Å². The van der Waals surface area contributed by atoms with Crippen molar-refractivity contribution in [1.82, 2.24) is 4.90 Å². The van der Waals surface area contributed by atoms with Crippen molar-refractivity contribution in [3.8, 4) is 0 Å². The molecule has 0 radical (unpaired) electrons. The van der Waals surface area contributed by atoms with Gasteiger partial charge in [0.05, 0.1) is 10.5 Å². The van der Waals surface area contributed by atoms with Gasteiger partial charge in [-0.3, -0.25) is 14.5 Å². The van der Waals surface area contributed by atoms with Crippen LogP contribution in [-0.2, 0) is 14.3 Å². The van der Waals surface area contributed by atoms with Crippen LogP contribution in [-0.4, -0.2) is 36.5 Å². The third kappa shape index (κ3) is 4.91. The average Bonchev–Trinajstić information content (AvgIpc) is 2.96. The maximum absolute atomic E-state index is 13.1. The van der Waals surface area contributed by atoms with E-state index in [9.17, 15) is 9.59 Å². The predicted molar refractivity (Wildman–Crippen MR) is 113 cm³/mol. The molecule has 5 heteroatoms. The van der Waals surface area contributed by atoms with Gasteiger partial charge in [-0.2, -0.15) is 0 Å². The third-order valence-corrected chi connectivity index (χ3v) is 5.55. The van der Waals surface area contributed by atoms with Crippen molar-refractivity contribution in [3.63, 3.8) is 0 Å². The molecule has 0 bridgehead atoms. The number of carbonyl (C=O) groups is 2. The average molecular weight is 396 g/mol. The van der Waals surface area contributed by atoms with Crippen molar-refractivity contribution in [2.24, 2.45) is 0 Å². The van der Waals surface area contributed by atoms with Crippen LogP contribution in [0.5, 0.6) is 0 Å². The van der Waals surface area contributed by atoms with Crippen molar-refractivity contribution < 1.29 is 14.3 Å². The lowest BCUT2D eigenvalue weighted by Crippen LogP contribution is -2.33. The van der Waals surface area contributed by atoms with E-state index < -0.39 is 0 Å². The number of benzene rings is 2.